The molecule has 1 aromatic rings. The highest BCUT2D eigenvalue weighted by Gasteiger charge is 2.23. The van der Waals surface area contributed by atoms with Crippen molar-refractivity contribution in [1.29, 1.82) is 0 Å². The summed E-state index contributed by atoms with van der Waals surface area (Å²) >= 11 is 0. The van der Waals surface area contributed by atoms with E-state index in [1.54, 1.807) is 7.11 Å². The third-order valence-corrected chi connectivity index (χ3v) is 3.29. The molecule has 0 bridgehead atoms. The molecule has 0 spiro atoms. The van der Waals surface area contributed by atoms with E-state index in [1.807, 2.05) is 25.1 Å². The molecule has 1 aliphatic rings. The zero-order valence-corrected chi connectivity index (χ0v) is 10.1. The molecule has 88 valence electrons. The van der Waals surface area contributed by atoms with Crippen molar-refractivity contribution >= 4 is 0 Å². The number of aryl methyl sites for hydroxylation is 1. The first kappa shape index (κ1) is 11.5. The van der Waals surface area contributed by atoms with Crippen molar-refractivity contribution in [2.24, 2.45) is 5.92 Å². The Bertz CT molecular complexity index is 356. The van der Waals surface area contributed by atoms with Crippen molar-refractivity contribution < 1.29 is 9.84 Å². The normalized spacial score (nSPS) is 17.2. The molecule has 1 N–H and O–H groups in total. The molecule has 0 amide bonds. The molecular formula is C14H20O2. The average molecular weight is 220 g/mol. The summed E-state index contributed by atoms with van der Waals surface area (Å²) < 4.78 is 5.28. The van der Waals surface area contributed by atoms with Gasteiger partial charge in [0.25, 0.3) is 0 Å². The van der Waals surface area contributed by atoms with Crippen LogP contribution in [0.1, 0.15) is 42.9 Å². The number of hydrogen-bond acceptors (Lipinski definition) is 2. The zero-order chi connectivity index (χ0) is 11.5. The smallest absolute Gasteiger partial charge is 0.124 e. The van der Waals surface area contributed by atoms with Crippen LogP contribution in [0.5, 0.6) is 5.75 Å². The van der Waals surface area contributed by atoms with Gasteiger partial charge >= 0.3 is 0 Å². The summed E-state index contributed by atoms with van der Waals surface area (Å²) in [5.41, 5.74) is 2.10. The lowest BCUT2D eigenvalue weighted by atomic mass is 10.0. The van der Waals surface area contributed by atoms with Crippen LogP contribution in [0.25, 0.3) is 0 Å². The summed E-state index contributed by atoms with van der Waals surface area (Å²) in [7, 11) is 1.65. The fourth-order valence-corrected chi connectivity index (χ4v) is 2.07. The minimum Gasteiger partial charge on any atom is -0.496 e. The lowest BCUT2D eigenvalue weighted by Crippen LogP contribution is -2.01. The number of methoxy groups -OCH3 is 1. The molecule has 1 saturated carbocycles. The van der Waals surface area contributed by atoms with Crippen LogP contribution in [-0.2, 0) is 0 Å². The van der Waals surface area contributed by atoms with Crippen molar-refractivity contribution in [2.75, 3.05) is 7.11 Å². The Hall–Kier alpha value is -1.02. The van der Waals surface area contributed by atoms with E-state index < -0.39 is 0 Å². The first-order valence-electron chi connectivity index (χ1n) is 6.03. The van der Waals surface area contributed by atoms with Gasteiger partial charge in [0, 0.05) is 5.56 Å². The maximum Gasteiger partial charge on any atom is 0.124 e. The Labute approximate surface area is 97.3 Å². The summed E-state index contributed by atoms with van der Waals surface area (Å²) in [6, 6.07) is 5.97. The van der Waals surface area contributed by atoms with Crippen LogP contribution in [0.3, 0.4) is 0 Å². The Morgan fingerprint density at radius 1 is 1.44 bits per heavy atom. The van der Waals surface area contributed by atoms with Crippen molar-refractivity contribution in [3.8, 4) is 5.75 Å². The third kappa shape index (κ3) is 2.76. The van der Waals surface area contributed by atoms with Gasteiger partial charge in [0.15, 0.2) is 0 Å². The highest BCUT2D eigenvalue weighted by atomic mass is 16.5. The standard InChI is InChI=1S/C14H20O2/c1-10-3-8-14(16-2)12(9-10)13(15)7-6-11-4-5-11/h3,8-9,11,13,15H,4-7H2,1-2H3. The van der Waals surface area contributed by atoms with E-state index in [1.165, 1.54) is 18.4 Å². The molecule has 0 radical (unpaired) electrons. The molecule has 2 rings (SSSR count). The minimum atomic E-state index is -0.379. The van der Waals surface area contributed by atoms with Crippen LogP contribution in [0.15, 0.2) is 18.2 Å². The maximum atomic E-state index is 10.2. The van der Waals surface area contributed by atoms with E-state index in [-0.39, 0.29) is 6.10 Å². The van der Waals surface area contributed by atoms with Crippen LogP contribution in [-0.4, -0.2) is 12.2 Å². The fraction of sp³-hybridized carbons (Fsp3) is 0.571. The van der Waals surface area contributed by atoms with Crippen LogP contribution < -0.4 is 4.74 Å². The van der Waals surface area contributed by atoms with Gasteiger partial charge < -0.3 is 9.84 Å². The molecule has 2 nitrogen and oxygen atoms in total. The van der Waals surface area contributed by atoms with Gasteiger partial charge in [0.05, 0.1) is 13.2 Å². The first-order chi connectivity index (χ1) is 7.70. The molecule has 0 heterocycles. The summed E-state index contributed by atoms with van der Waals surface area (Å²) in [4.78, 5) is 0. The van der Waals surface area contributed by atoms with Crippen molar-refractivity contribution in [3.05, 3.63) is 29.3 Å². The highest BCUT2D eigenvalue weighted by Crippen LogP contribution is 2.37. The third-order valence-electron chi connectivity index (χ3n) is 3.29. The van der Waals surface area contributed by atoms with E-state index in [2.05, 4.69) is 0 Å². The van der Waals surface area contributed by atoms with E-state index in [9.17, 15) is 5.11 Å². The monoisotopic (exact) mass is 220 g/mol. The fourth-order valence-electron chi connectivity index (χ4n) is 2.07. The molecule has 1 fully saturated rings. The van der Waals surface area contributed by atoms with Gasteiger partial charge in [-0.15, -0.1) is 0 Å². The van der Waals surface area contributed by atoms with Crippen LogP contribution >= 0.6 is 0 Å². The highest BCUT2D eigenvalue weighted by molar-refractivity contribution is 5.38. The number of ether oxygens (including phenoxy) is 1. The number of benzene rings is 1. The van der Waals surface area contributed by atoms with Gasteiger partial charge in [0.1, 0.15) is 5.75 Å². The summed E-state index contributed by atoms with van der Waals surface area (Å²) in [5, 5.41) is 10.2. The number of aliphatic hydroxyl groups excluding tert-OH is 1. The molecule has 2 heteroatoms. The lowest BCUT2D eigenvalue weighted by Gasteiger charge is -2.15. The molecule has 0 aromatic heterocycles. The lowest BCUT2D eigenvalue weighted by molar-refractivity contribution is 0.158. The quantitative estimate of drug-likeness (QED) is 0.825. The Morgan fingerprint density at radius 2 is 2.19 bits per heavy atom. The predicted molar refractivity (Wildman–Crippen MR) is 64.6 cm³/mol. The SMILES string of the molecule is COc1ccc(C)cc1C(O)CCC1CC1. The molecule has 1 aliphatic carbocycles. The molecule has 0 aliphatic heterocycles. The summed E-state index contributed by atoms with van der Waals surface area (Å²) in [5.74, 6) is 1.67. The molecule has 1 unspecified atom stereocenters. The number of hydrogen-bond donors (Lipinski definition) is 1. The van der Waals surface area contributed by atoms with E-state index in [0.717, 1.165) is 30.1 Å². The molecule has 0 saturated heterocycles. The number of aliphatic hydroxyl groups is 1. The Balaban J connectivity index is 2.06. The largest absolute Gasteiger partial charge is 0.496 e. The second-order valence-corrected chi connectivity index (χ2v) is 4.78. The zero-order valence-electron chi connectivity index (χ0n) is 10.1. The molecule has 1 atom stereocenters. The van der Waals surface area contributed by atoms with Crippen LogP contribution in [0, 0.1) is 12.8 Å². The molecule has 16 heavy (non-hydrogen) atoms. The second kappa shape index (κ2) is 4.88. The topological polar surface area (TPSA) is 29.5 Å². The van der Waals surface area contributed by atoms with E-state index in [0.29, 0.717) is 0 Å². The van der Waals surface area contributed by atoms with Crippen LogP contribution in [0.4, 0.5) is 0 Å². The first-order valence-corrected chi connectivity index (χ1v) is 6.03. The van der Waals surface area contributed by atoms with Gasteiger partial charge in [-0.25, -0.2) is 0 Å². The second-order valence-electron chi connectivity index (χ2n) is 4.78. The maximum absolute atomic E-state index is 10.2. The average Bonchev–Trinajstić information content (AvgIpc) is 3.09. The minimum absolute atomic E-state index is 0.379. The van der Waals surface area contributed by atoms with Gasteiger partial charge in [-0.1, -0.05) is 24.5 Å². The van der Waals surface area contributed by atoms with Gasteiger partial charge in [-0.2, -0.15) is 0 Å². The van der Waals surface area contributed by atoms with E-state index in [4.69, 9.17) is 4.74 Å². The van der Waals surface area contributed by atoms with Crippen molar-refractivity contribution in [3.63, 3.8) is 0 Å². The van der Waals surface area contributed by atoms with Crippen LogP contribution in [0.2, 0.25) is 0 Å². The number of rotatable bonds is 5. The molecular weight excluding hydrogens is 200 g/mol. The van der Waals surface area contributed by atoms with E-state index >= 15 is 0 Å². The van der Waals surface area contributed by atoms with Gasteiger partial charge in [0.2, 0.25) is 0 Å². The summed E-state index contributed by atoms with van der Waals surface area (Å²) in [6.45, 7) is 2.04. The van der Waals surface area contributed by atoms with Gasteiger partial charge in [-0.05, 0) is 37.8 Å². The Kier molecular flexibility index (Phi) is 3.49. The molecule has 1 aromatic carbocycles. The van der Waals surface area contributed by atoms with Crippen molar-refractivity contribution in [2.45, 2.75) is 38.7 Å². The van der Waals surface area contributed by atoms with Gasteiger partial charge in [-0.3, -0.25) is 0 Å². The van der Waals surface area contributed by atoms with Crippen molar-refractivity contribution in [1.82, 2.24) is 0 Å². The summed E-state index contributed by atoms with van der Waals surface area (Å²) in [6.07, 6.45) is 4.30. The Morgan fingerprint density at radius 3 is 2.81 bits per heavy atom. The predicted octanol–water partition coefficient (Wildman–Crippen LogP) is 3.23.